The molecule has 0 aliphatic heterocycles. The van der Waals surface area contributed by atoms with E-state index in [9.17, 15) is 0 Å². The third-order valence-corrected chi connectivity index (χ3v) is 3.89. The fraction of sp³-hybridized carbons (Fsp3) is 0.412. The third-order valence-electron chi connectivity index (χ3n) is 3.89. The Kier molecular flexibility index (Phi) is 4.07. The van der Waals surface area contributed by atoms with Crippen molar-refractivity contribution in [2.24, 2.45) is 0 Å². The van der Waals surface area contributed by atoms with Crippen molar-refractivity contribution in [1.82, 2.24) is 15.3 Å². The highest BCUT2D eigenvalue weighted by atomic mass is 14.9. The summed E-state index contributed by atoms with van der Waals surface area (Å²) in [6, 6.07) is 10.9. The van der Waals surface area contributed by atoms with E-state index in [0.717, 1.165) is 25.2 Å². The molecule has 2 aromatic rings. The van der Waals surface area contributed by atoms with Crippen LogP contribution in [0.3, 0.4) is 0 Å². The Labute approximate surface area is 120 Å². The van der Waals surface area contributed by atoms with E-state index in [-0.39, 0.29) is 0 Å². The second-order valence-electron chi connectivity index (χ2n) is 5.35. The van der Waals surface area contributed by atoms with E-state index in [4.69, 9.17) is 4.98 Å². The summed E-state index contributed by atoms with van der Waals surface area (Å²) in [6.07, 6.45) is 6.35. The van der Waals surface area contributed by atoms with Crippen molar-refractivity contribution in [1.29, 1.82) is 0 Å². The molecule has 0 saturated heterocycles. The lowest BCUT2D eigenvalue weighted by molar-refractivity contribution is 0.463. The highest BCUT2D eigenvalue weighted by Crippen LogP contribution is 2.28. The van der Waals surface area contributed by atoms with Gasteiger partial charge in [0.2, 0.25) is 0 Å². The number of benzene rings is 1. The normalized spacial score (nSPS) is 17.8. The molecule has 0 amide bonds. The minimum Gasteiger partial charge on any atom is -0.310 e. The Balaban J connectivity index is 1.82. The predicted molar refractivity (Wildman–Crippen MR) is 80.6 cm³/mol. The van der Waals surface area contributed by atoms with Crippen LogP contribution in [0.15, 0.2) is 36.5 Å². The molecule has 0 spiro atoms. The first-order valence-electron chi connectivity index (χ1n) is 7.49. The summed E-state index contributed by atoms with van der Waals surface area (Å²) in [7, 11) is 0. The SMILES string of the molecule is CCNC1CCCc2nc(Cc3ccccc3)ncc21. The summed E-state index contributed by atoms with van der Waals surface area (Å²) in [5.74, 6) is 0.937. The largest absolute Gasteiger partial charge is 0.310 e. The maximum Gasteiger partial charge on any atom is 0.132 e. The molecule has 1 aromatic carbocycles. The molecule has 104 valence electrons. The zero-order valence-corrected chi connectivity index (χ0v) is 12.0. The first-order chi connectivity index (χ1) is 9.86. The van der Waals surface area contributed by atoms with E-state index in [1.165, 1.54) is 29.7 Å². The Morgan fingerprint density at radius 1 is 1.25 bits per heavy atom. The van der Waals surface area contributed by atoms with Crippen LogP contribution in [0.2, 0.25) is 0 Å². The van der Waals surface area contributed by atoms with Gasteiger partial charge in [-0.2, -0.15) is 0 Å². The van der Waals surface area contributed by atoms with Gasteiger partial charge < -0.3 is 5.32 Å². The van der Waals surface area contributed by atoms with Crippen molar-refractivity contribution in [2.45, 2.75) is 38.6 Å². The van der Waals surface area contributed by atoms with E-state index in [2.05, 4.69) is 41.5 Å². The van der Waals surface area contributed by atoms with Crippen LogP contribution < -0.4 is 5.32 Å². The van der Waals surface area contributed by atoms with Gasteiger partial charge in [-0.25, -0.2) is 9.97 Å². The van der Waals surface area contributed by atoms with Crippen molar-refractivity contribution in [2.75, 3.05) is 6.54 Å². The van der Waals surface area contributed by atoms with Crippen LogP contribution in [-0.2, 0) is 12.8 Å². The Morgan fingerprint density at radius 2 is 2.10 bits per heavy atom. The molecule has 0 radical (unpaired) electrons. The number of nitrogens with one attached hydrogen (secondary N) is 1. The molecular formula is C17H21N3. The molecule has 20 heavy (non-hydrogen) atoms. The number of nitrogens with zero attached hydrogens (tertiary/aromatic N) is 2. The average Bonchev–Trinajstić information content (AvgIpc) is 2.49. The standard InChI is InChI=1S/C17H21N3/c1-2-18-15-9-6-10-16-14(15)12-19-17(20-16)11-13-7-4-3-5-8-13/h3-5,7-8,12,15,18H,2,6,9-11H2,1H3. The van der Waals surface area contributed by atoms with Crippen molar-refractivity contribution < 1.29 is 0 Å². The van der Waals surface area contributed by atoms with E-state index < -0.39 is 0 Å². The molecule has 0 bridgehead atoms. The van der Waals surface area contributed by atoms with Gasteiger partial charge in [-0.1, -0.05) is 37.3 Å². The van der Waals surface area contributed by atoms with Crippen molar-refractivity contribution in [3.05, 3.63) is 59.2 Å². The molecule has 0 fully saturated rings. The zero-order valence-electron chi connectivity index (χ0n) is 12.0. The molecule has 0 saturated carbocycles. The second kappa shape index (κ2) is 6.14. The van der Waals surface area contributed by atoms with E-state index >= 15 is 0 Å². The van der Waals surface area contributed by atoms with Gasteiger partial charge in [-0.15, -0.1) is 0 Å². The smallest absolute Gasteiger partial charge is 0.132 e. The third kappa shape index (κ3) is 2.88. The van der Waals surface area contributed by atoms with E-state index in [0.29, 0.717) is 6.04 Å². The van der Waals surface area contributed by atoms with Gasteiger partial charge in [0.1, 0.15) is 5.82 Å². The Morgan fingerprint density at radius 3 is 2.90 bits per heavy atom. The van der Waals surface area contributed by atoms with E-state index in [1.807, 2.05) is 12.3 Å². The summed E-state index contributed by atoms with van der Waals surface area (Å²) in [6.45, 7) is 3.15. The summed E-state index contributed by atoms with van der Waals surface area (Å²) in [5.41, 5.74) is 3.81. The maximum atomic E-state index is 4.79. The zero-order chi connectivity index (χ0) is 13.8. The van der Waals surface area contributed by atoms with Crippen molar-refractivity contribution in [3.8, 4) is 0 Å². The van der Waals surface area contributed by atoms with Crippen LogP contribution in [-0.4, -0.2) is 16.5 Å². The molecule has 1 unspecified atom stereocenters. The highest BCUT2D eigenvalue weighted by molar-refractivity contribution is 5.26. The molecule has 1 aromatic heterocycles. The fourth-order valence-electron chi connectivity index (χ4n) is 2.91. The van der Waals surface area contributed by atoms with Gasteiger partial charge in [0, 0.05) is 29.9 Å². The first-order valence-corrected chi connectivity index (χ1v) is 7.49. The summed E-state index contributed by atoms with van der Waals surface area (Å²) >= 11 is 0. The summed E-state index contributed by atoms with van der Waals surface area (Å²) < 4.78 is 0. The lowest BCUT2D eigenvalue weighted by Crippen LogP contribution is -2.26. The molecule has 3 nitrogen and oxygen atoms in total. The monoisotopic (exact) mass is 267 g/mol. The maximum absolute atomic E-state index is 4.79. The van der Waals surface area contributed by atoms with E-state index in [1.54, 1.807) is 0 Å². The summed E-state index contributed by atoms with van der Waals surface area (Å²) in [5, 5.41) is 3.53. The number of rotatable bonds is 4. The fourth-order valence-corrected chi connectivity index (χ4v) is 2.91. The van der Waals surface area contributed by atoms with Gasteiger partial charge in [0.25, 0.3) is 0 Å². The minimum absolute atomic E-state index is 0.439. The van der Waals surface area contributed by atoms with Crippen molar-refractivity contribution >= 4 is 0 Å². The number of hydrogen-bond donors (Lipinski definition) is 1. The van der Waals surface area contributed by atoms with Crippen LogP contribution in [0.25, 0.3) is 0 Å². The van der Waals surface area contributed by atoms with Crippen LogP contribution in [0.1, 0.15) is 48.5 Å². The van der Waals surface area contributed by atoms with Gasteiger partial charge in [0.05, 0.1) is 0 Å². The topological polar surface area (TPSA) is 37.8 Å². The average molecular weight is 267 g/mol. The highest BCUT2D eigenvalue weighted by Gasteiger charge is 2.21. The second-order valence-corrected chi connectivity index (χ2v) is 5.35. The molecule has 1 heterocycles. The number of hydrogen-bond acceptors (Lipinski definition) is 3. The molecule has 3 heteroatoms. The molecule has 1 aliphatic carbocycles. The molecule has 1 N–H and O–H groups in total. The number of fused-ring (bicyclic) bond motifs is 1. The van der Waals surface area contributed by atoms with Crippen LogP contribution in [0.4, 0.5) is 0 Å². The van der Waals surface area contributed by atoms with Crippen LogP contribution >= 0.6 is 0 Å². The lowest BCUT2D eigenvalue weighted by Gasteiger charge is -2.25. The number of aryl methyl sites for hydroxylation is 1. The minimum atomic E-state index is 0.439. The van der Waals surface area contributed by atoms with Gasteiger partial charge >= 0.3 is 0 Å². The van der Waals surface area contributed by atoms with Crippen LogP contribution in [0, 0.1) is 0 Å². The van der Waals surface area contributed by atoms with Gasteiger partial charge in [0.15, 0.2) is 0 Å². The van der Waals surface area contributed by atoms with Crippen LogP contribution in [0.5, 0.6) is 0 Å². The predicted octanol–water partition coefficient (Wildman–Crippen LogP) is 3.05. The Hall–Kier alpha value is -1.74. The molecule has 1 atom stereocenters. The quantitative estimate of drug-likeness (QED) is 0.925. The Bertz CT molecular complexity index is 566. The molecule has 3 rings (SSSR count). The number of aromatic nitrogens is 2. The summed E-state index contributed by atoms with van der Waals surface area (Å²) in [4.78, 5) is 9.36. The van der Waals surface area contributed by atoms with Gasteiger partial charge in [-0.05, 0) is 31.4 Å². The molecule has 1 aliphatic rings. The lowest BCUT2D eigenvalue weighted by atomic mass is 9.92. The van der Waals surface area contributed by atoms with Gasteiger partial charge in [-0.3, -0.25) is 0 Å². The first kappa shape index (κ1) is 13.3. The molecular weight excluding hydrogens is 246 g/mol. The van der Waals surface area contributed by atoms with Crippen molar-refractivity contribution in [3.63, 3.8) is 0 Å².